The molecular formula is C11H17N7O2. The van der Waals surface area contributed by atoms with Gasteiger partial charge in [-0.3, -0.25) is 10.00 Å². The Kier molecular flexibility index (Phi) is 3.36. The van der Waals surface area contributed by atoms with Crippen LogP contribution in [0, 0.1) is 0 Å². The molecule has 1 aliphatic rings. The summed E-state index contributed by atoms with van der Waals surface area (Å²) >= 11 is 0. The fraction of sp³-hybridized carbons (Fsp3) is 0.636. The minimum atomic E-state index is -0.191. The summed E-state index contributed by atoms with van der Waals surface area (Å²) in [6.07, 6.45) is -0.191. The van der Waals surface area contributed by atoms with Gasteiger partial charge in [0.1, 0.15) is 6.10 Å². The van der Waals surface area contributed by atoms with Gasteiger partial charge in [-0.25, -0.2) is 0 Å². The quantitative estimate of drug-likeness (QED) is 0.818. The van der Waals surface area contributed by atoms with Crippen molar-refractivity contribution < 1.29 is 9.26 Å². The Bertz CT molecular complexity index is 579. The molecule has 20 heavy (non-hydrogen) atoms. The number of morpholine rings is 1. The van der Waals surface area contributed by atoms with E-state index in [1.165, 1.54) is 0 Å². The third-order valence-electron chi connectivity index (χ3n) is 3.26. The lowest BCUT2D eigenvalue weighted by Crippen LogP contribution is -2.42. The van der Waals surface area contributed by atoms with Gasteiger partial charge < -0.3 is 15.0 Å². The highest BCUT2D eigenvalue weighted by Crippen LogP contribution is 2.23. The number of H-pyrrole nitrogens is 1. The first-order chi connectivity index (χ1) is 9.63. The monoisotopic (exact) mass is 279 g/mol. The molecule has 0 amide bonds. The topological polar surface area (TPSA) is 119 Å². The molecule has 0 spiro atoms. The van der Waals surface area contributed by atoms with E-state index >= 15 is 0 Å². The van der Waals surface area contributed by atoms with Crippen LogP contribution in [0.1, 0.15) is 25.8 Å². The zero-order valence-corrected chi connectivity index (χ0v) is 11.4. The zero-order valence-electron chi connectivity index (χ0n) is 11.4. The SMILES string of the molecule is CC(C)N1CCOC(c2noc(-c3nc(N)n[nH]3)n2)C1. The number of rotatable bonds is 3. The number of hydrogen-bond donors (Lipinski definition) is 2. The standard InChI is InChI=1S/C11H17N7O2/c1-6(2)18-3-4-19-7(5-18)8-13-10(20-17-8)9-14-11(12)16-15-9/h6-7H,3-5H2,1-2H3,(H3,12,14,15,16). The van der Waals surface area contributed by atoms with E-state index in [2.05, 4.69) is 44.1 Å². The average Bonchev–Trinajstić information content (AvgIpc) is 3.07. The molecule has 0 saturated carbocycles. The Hall–Kier alpha value is -2.00. The molecule has 9 nitrogen and oxygen atoms in total. The van der Waals surface area contributed by atoms with Crippen LogP contribution in [0.25, 0.3) is 11.7 Å². The van der Waals surface area contributed by atoms with Crippen molar-refractivity contribution in [1.29, 1.82) is 0 Å². The largest absolute Gasteiger partial charge is 0.367 e. The molecule has 3 heterocycles. The molecule has 3 rings (SSSR count). The Labute approximate surface area is 115 Å². The summed E-state index contributed by atoms with van der Waals surface area (Å²) in [7, 11) is 0. The van der Waals surface area contributed by atoms with Crippen molar-refractivity contribution in [3.05, 3.63) is 5.82 Å². The van der Waals surface area contributed by atoms with Gasteiger partial charge in [0.2, 0.25) is 17.6 Å². The second-order valence-corrected chi connectivity index (χ2v) is 4.95. The van der Waals surface area contributed by atoms with E-state index in [-0.39, 0.29) is 17.9 Å². The van der Waals surface area contributed by atoms with Crippen LogP contribution in [-0.4, -0.2) is 56.0 Å². The van der Waals surface area contributed by atoms with Gasteiger partial charge in [0, 0.05) is 19.1 Å². The Morgan fingerprint density at radius 2 is 2.25 bits per heavy atom. The number of ether oxygens (including phenoxy) is 1. The van der Waals surface area contributed by atoms with Gasteiger partial charge >= 0.3 is 0 Å². The minimum Gasteiger partial charge on any atom is -0.367 e. The number of aromatic amines is 1. The van der Waals surface area contributed by atoms with Crippen LogP contribution >= 0.6 is 0 Å². The van der Waals surface area contributed by atoms with E-state index in [1.807, 2.05) is 0 Å². The van der Waals surface area contributed by atoms with Crippen molar-refractivity contribution in [3.8, 4) is 11.7 Å². The molecule has 0 radical (unpaired) electrons. The van der Waals surface area contributed by atoms with Crippen LogP contribution in [-0.2, 0) is 4.74 Å². The molecule has 1 aliphatic heterocycles. The summed E-state index contributed by atoms with van der Waals surface area (Å²) in [4.78, 5) is 10.6. The number of nitrogens with one attached hydrogen (secondary N) is 1. The van der Waals surface area contributed by atoms with Crippen molar-refractivity contribution >= 4 is 5.95 Å². The van der Waals surface area contributed by atoms with Crippen LogP contribution in [0.2, 0.25) is 0 Å². The average molecular weight is 279 g/mol. The van der Waals surface area contributed by atoms with Gasteiger partial charge in [-0.1, -0.05) is 5.16 Å². The molecular weight excluding hydrogens is 262 g/mol. The third-order valence-corrected chi connectivity index (χ3v) is 3.26. The van der Waals surface area contributed by atoms with Gasteiger partial charge in [-0.15, -0.1) is 5.10 Å². The number of nitrogens with two attached hydrogens (primary N) is 1. The van der Waals surface area contributed by atoms with E-state index in [1.54, 1.807) is 0 Å². The van der Waals surface area contributed by atoms with Crippen LogP contribution < -0.4 is 5.73 Å². The lowest BCUT2D eigenvalue weighted by molar-refractivity contribution is -0.0450. The van der Waals surface area contributed by atoms with Crippen molar-refractivity contribution in [1.82, 2.24) is 30.2 Å². The minimum absolute atomic E-state index is 0.139. The maximum absolute atomic E-state index is 5.70. The van der Waals surface area contributed by atoms with Gasteiger partial charge in [-0.05, 0) is 13.8 Å². The van der Waals surface area contributed by atoms with Crippen molar-refractivity contribution in [2.24, 2.45) is 0 Å². The summed E-state index contributed by atoms with van der Waals surface area (Å²) in [6, 6.07) is 0.460. The maximum Gasteiger partial charge on any atom is 0.295 e. The second-order valence-electron chi connectivity index (χ2n) is 4.95. The first kappa shape index (κ1) is 13.0. The Balaban J connectivity index is 1.76. The van der Waals surface area contributed by atoms with Crippen LogP contribution in [0.15, 0.2) is 4.52 Å². The van der Waals surface area contributed by atoms with Gasteiger partial charge in [0.15, 0.2) is 0 Å². The molecule has 0 aliphatic carbocycles. The Morgan fingerprint density at radius 1 is 1.40 bits per heavy atom. The lowest BCUT2D eigenvalue weighted by Gasteiger charge is -2.34. The van der Waals surface area contributed by atoms with Crippen LogP contribution in [0.5, 0.6) is 0 Å². The number of hydrogen-bond acceptors (Lipinski definition) is 8. The molecule has 2 aromatic rings. The van der Waals surface area contributed by atoms with E-state index in [9.17, 15) is 0 Å². The van der Waals surface area contributed by atoms with Gasteiger partial charge in [-0.2, -0.15) is 9.97 Å². The number of nitrogen functional groups attached to an aromatic ring is 1. The molecule has 2 aromatic heterocycles. The van der Waals surface area contributed by atoms with Crippen molar-refractivity contribution in [3.63, 3.8) is 0 Å². The Morgan fingerprint density at radius 3 is 2.95 bits per heavy atom. The molecule has 3 N–H and O–H groups in total. The molecule has 0 bridgehead atoms. The first-order valence-electron chi connectivity index (χ1n) is 6.51. The number of nitrogens with zero attached hydrogens (tertiary/aromatic N) is 5. The fourth-order valence-electron chi connectivity index (χ4n) is 2.13. The number of anilines is 1. The number of aromatic nitrogens is 5. The summed E-state index contributed by atoms with van der Waals surface area (Å²) in [6.45, 7) is 6.62. The molecule has 1 atom stereocenters. The normalized spacial score (nSPS) is 20.6. The van der Waals surface area contributed by atoms with E-state index in [0.717, 1.165) is 13.1 Å². The smallest absolute Gasteiger partial charge is 0.295 e. The molecule has 108 valence electrons. The van der Waals surface area contributed by atoms with Gasteiger partial charge in [0.25, 0.3) is 5.89 Å². The van der Waals surface area contributed by atoms with Crippen LogP contribution in [0.4, 0.5) is 5.95 Å². The highest BCUT2D eigenvalue weighted by Gasteiger charge is 2.28. The molecule has 9 heteroatoms. The predicted octanol–water partition coefficient (Wildman–Crippen LogP) is 0.219. The molecule has 1 fully saturated rings. The summed E-state index contributed by atoms with van der Waals surface area (Å²) < 4.78 is 10.9. The fourth-order valence-corrected chi connectivity index (χ4v) is 2.13. The summed E-state index contributed by atoms with van der Waals surface area (Å²) in [5.74, 6) is 1.27. The van der Waals surface area contributed by atoms with Crippen molar-refractivity contribution in [2.45, 2.75) is 26.0 Å². The maximum atomic E-state index is 5.70. The molecule has 0 aromatic carbocycles. The highest BCUT2D eigenvalue weighted by atomic mass is 16.5. The highest BCUT2D eigenvalue weighted by molar-refractivity contribution is 5.41. The predicted molar refractivity (Wildman–Crippen MR) is 69.5 cm³/mol. The van der Waals surface area contributed by atoms with E-state index in [4.69, 9.17) is 15.0 Å². The lowest BCUT2D eigenvalue weighted by atomic mass is 10.2. The van der Waals surface area contributed by atoms with Crippen molar-refractivity contribution in [2.75, 3.05) is 25.4 Å². The summed E-state index contributed by atoms with van der Waals surface area (Å²) in [5.41, 5.74) is 5.44. The van der Waals surface area contributed by atoms with E-state index < -0.39 is 0 Å². The second kappa shape index (κ2) is 5.17. The zero-order chi connectivity index (χ0) is 14.1. The first-order valence-corrected chi connectivity index (χ1v) is 6.51. The van der Waals surface area contributed by atoms with Crippen LogP contribution in [0.3, 0.4) is 0 Å². The molecule has 1 saturated heterocycles. The van der Waals surface area contributed by atoms with Gasteiger partial charge in [0.05, 0.1) is 6.61 Å². The van der Waals surface area contributed by atoms with E-state index in [0.29, 0.717) is 24.3 Å². The summed E-state index contributed by atoms with van der Waals surface area (Å²) in [5, 5.41) is 10.3. The molecule has 1 unspecified atom stereocenters. The third kappa shape index (κ3) is 2.49.